The van der Waals surface area contributed by atoms with Crippen molar-refractivity contribution in [2.45, 2.75) is 0 Å². The van der Waals surface area contributed by atoms with Crippen molar-refractivity contribution < 1.29 is 9.66 Å². The highest BCUT2D eigenvalue weighted by Gasteiger charge is 2.10. The van der Waals surface area contributed by atoms with E-state index in [4.69, 9.17) is 4.74 Å². The molecule has 22 heavy (non-hydrogen) atoms. The second kappa shape index (κ2) is 5.28. The van der Waals surface area contributed by atoms with Gasteiger partial charge in [0.2, 0.25) is 0 Å². The highest BCUT2D eigenvalue weighted by molar-refractivity contribution is 5.78. The number of benzene rings is 2. The first-order valence-electron chi connectivity index (χ1n) is 6.41. The first-order chi connectivity index (χ1) is 10.6. The van der Waals surface area contributed by atoms with Crippen LogP contribution in [0, 0.1) is 10.1 Å². The van der Waals surface area contributed by atoms with Crippen LogP contribution >= 0.6 is 0 Å². The highest BCUT2D eigenvalue weighted by atomic mass is 16.6. The predicted octanol–water partition coefficient (Wildman–Crippen LogP) is 2.51. The zero-order valence-electron chi connectivity index (χ0n) is 11.6. The maximum absolute atomic E-state index is 12.2. The molecule has 7 heteroatoms. The number of aromatic nitrogens is 2. The number of hydrogen-bond donors (Lipinski definition) is 1. The summed E-state index contributed by atoms with van der Waals surface area (Å²) in [4.78, 5) is 29.4. The lowest BCUT2D eigenvalue weighted by molar-refractivity contribution is -0.384. The molecule has 0 saturated carbocycles. The second-order valence-corrected chi connectivity index (χ2v) is 4.60. The molecule has 0 aliphatic carbocycles. The van der Waals surface area contributed by atoms with Crippen molar-refractivity contribution in [3.63, 3.8) is 0 Å². The van der Waals surface area contributed by atoms with Gasteiger partial charge in [-0.15, -0.1) is 0 Å². The van der Waals surface area contributed by atoms with Crippen LogP contribution in [0.5, 0.6) is 5.75 Å². The predicted molar refractivity (Wildman–Crippen MR) is 81.0 cm³/mol. The summed E-state index contributed by atoms with van der Waals surface area (Å²) in [6.07, 6.45) is 0. The Kier molecular flexibility index (Phi) is 3.30. The minimum Gasteiger partial charge on any atom is -0.497 e. The SMILES string of the molecule is COc1ccc2nc(-c3ccc([N+](=O)[O-])cc3)c(=O)[nH]c2c1. The summed E-state index contributed by atoms with van der Waals surface area (Å²) in [5, 5.41) is 10.7. The number of aromatic amines is 1. The molecule has 0 saturated heterocycles. The van der Waals surface area contributed by atoms with E-state index in [9.17, 15) is 14.9 Å². The summed E-state index contributed by atoms with van der Waals surface area (Å²) in [7, 11) is 1.54. The van der Waals surface area contributed by atoms with Crippen LogP contribution in [0.1, 0.15) is 0 Å². The van der Waals surface area contributed by atoms with E-state index < -0.39 is 4.92 Å². The van der Waals surface area contributed by atoms with Gasteiger partial charge >= 0.3 is 0 Å². The van der Waals surface area contributed by atoms with Gasteiger partial charge in [-0.2, -0.15) is 0 Å². The van der Waals surface area contributed by atoms with Gasteiger partial charge < -0.3 is 9.72 Å². The minimum atomic E-state index is -0.492. The lowest BCUT2D eigenvalue weighted by Crippen LogP contribution is -2.11. The molecule has 2 aromatic carbocycles. The molecule has 0 bridgehead atoms. The lowest BCUT2D eigenvalue weighted by Gasteiger charge is -2.04. The van der Waals surface area contributed by atoms with Gasteiger partial charge in [0, 0.05) is 23.8 Å². The smallest absolute Gasteiger partial charge is 0.274 e. The molecule has 0 radical (unpaired) electrons. The molecule has 3 rings (SSSR count). The summed E-state index contributed by atoms with van der Waals surface area (Å²) in [6, 6.07) is 10.9. The van der Waals surface area contributed by atoms with E-state index in [1.807, 2.05) is 0 Å². The van der Waals surface area contributed by atoms with Crippen molar-refractivity contribution in [1.29, 1.82) is 0 Å². The van der Waals surface area contributed by atoms with Crippen LogP contribution in [0.2, 0.25) is 0 Å². The van der Waals surface area contributed by atoms with Crippen molar-refractivity contribution in [2.24, 2.45) is 0 Å². The molecule has 1 N–H and O–H groups in total. The number of fused-ring (bicyclic) bond motifs is 1. The number of non-ortho nitro benzene ring substituents is 1. The molecule has 0 unspecified atom stereocenters. The number of ether oxygens (including phenoxy) is 1. The standard InChI is InChI=1S/C15H11N3O4/c1-22-11-6-7-12-13(8-11)17-15(19)14(16-12)9-2-4-10(5-3-9)18(20)21/h2-8H,1H3,(H,17,19). The van der Waals surface area contributed by atoms with Gasteiger partial charge in [-0.1, -0.05) is 0 Å². The van der Waals surface area contributed by atoms with Gasteiger partial charge in [-0.3, -0.25) is 14.9 Å². The van der Waals surface area contributed by atoms with Crippen molar-refractivity contribution >= 4 is 16.7 Å². The highest BCUT2D eigenvalue weighted by Crippen LogP contribution is 2.21. The van der Waals surface area contributed by atoms with Gasteiger partial charge in [0.15, 0.2) is 0 Å². The molecule has 1 aromatic heterocycles. The van der Waals surface area contributed by atoms with Crippen LogP contribution in [-0.4, -0.2) is 22.0 Å². The van der Waals surface area contributed by atoms with E-state index >= 15 is 0 Å². The third-order valence-corrected chi connectivity index (χ3v) is 3.25. The number of nitrogens with one attached hydrogen (secondary N) is 1. The van der Waals surface area contributed by atoms with Crippen LogP contribution < -0.4 is 10.3 Å². The molecule has 0 fully saturated rings. The monoisotopic (exact) mass is 297 g/mol. The maximum Gasteiger partial charge on any atom is 0.274 e. The molecule has 1 heterocycles. The Balaban J connectivity index is 2.12. The average Bonchev–Trinajstić information content (AvgIpc) is 2.53. The van der Waals surface area contributed by atoms with Gasteiger partial charge in [-0.05, 0) is 24.3 Å². The Morgan fingerprint density at radius 1 is 1.18 bits per heavy atom. The third-order valence-electron chi connectivity index (χ3n) is 3.25. The van der Waals surface area contributed by atoms with Crippen molar-refractivity contribution in [2.75, 3.05) is 7.11 Å². The van der Waals surface area contributed by atoms with Crippen LogP contribution in [0.3, 0.4) is 0 Å². The first kappa shape index (κ1) is 13.7. The van der Waals surface area contributed by atoms with Crippen LogP contribution in [0.4, 0.5) is 5.69 Å². The topological polar surface area (TPSA) is 98.1 Å². The Labute approximate surface area is 124 Å². The Morgan fingerprint density at radius 2 is 1.91 bits per heavy atom. The van der Waals surface area contributed by atoms with E-state index in [0.717, 1.165) is 0 Å². The molecule has 0 aliphatic heterocycles. The maximum atomic E-state index is 12.2. The Bertz CT molecular complexity index is 916. The quantitative estimate of drug-likeness (QED) is 0.591. The molecule has 7 nitrogen and oxygen atoms in total. The van der Waals surface area contributed by atoms with Crippen molar-refractivity contribution in [3.05, 3.63) is 62.9 Å². The van der Waals surface area contributed by atoms with Crippen LogP contribution in [0.25, 0.3) is 22.3 Å². The lowest BCUT2D eigenvalue weighted by atomic mass is 10.1. The molecular weight excluding hydrogens is 286 g/mol. The zero-order chi connectivity index (χ0) is 15.7. The number of methoxy groups -OCH3 is 1. The van der Waals surface area contributed by atoms with Gasteiger partial charge in [0.25, 0.3) is 11.2 Å². The van der Waals surface area contributed by atoms with Gasteiger partial charge in [0.1, 0.15) is 11.4 Å². The van der Waals surface area contributed by atoms with Crippen LogP contribution in [0.15, 0.2) is 47.3 Å². The molecule has 0 aliphatic rings. The summed E-state index contributed by atoms with van der Waals surface area (Å²) >= 11 is 0. The number of nitrogens with zero attached hydrogens (tertiary/aromatic N) is 2. The fraction of sp³-hybridized carbons (Fsp3) is 0.0667. The fourth-order valence-electron chi connectivity index (χ4n) is 2.13. The third kappa shape index (κ3) is 2.39. The number of rotatable bonds is 3. The molecule has 0 spiro atoms. The van der Waals surface area contributed by atoms with Gasteiger partial charge in [-0.25, -0.2) is 4.98 Å². The number of nitro groups is 1. The van der Waals surface area contributed by atoms with Gasteiger partial charge in [0.05, 0.1) is 23.1 Å². The fourth-order valence-corrected chi connectivity index (χ4v) is 2.13. The average molecular weight is 297 g/mol. The minimum absolute atomic E-state index is 0.0364. The van der Waals surface area contributed by atoms with Crippen molar-refractivity contribution in [1.82, 2.24) is 9.97 Å². The van der Waals surface area contributed by atoms with E-state index in [1.165, 1.54) is 31.4 Å². The number of hydrogen-bond acceptors (Lipinski definition) is 5. The van der Waals surface area contributed by atoms with E-state index in [0.29, 0.717) is 22.3 Å². The van der Waals surface area contributed by atoms with E-state index in [2.05, 4.69) is 9.97 Å². The van der Waals surface area contributed by atoms with E-state index in [1.54, 1.807) is 18.2 Å². The van der Waals surface area contributed by atoms with E-state index in [-0.39, 0.29) is 16.9 Å². The van der Waals surface area contributed by atoms with Crippen LogP contribution in [-0.2, 0) is 0 Å². The number of nitro benzene ring substituents is 1. The van der Waals surface area contributed by atoms with Crippen molar-refractivity contribution in [3.8, 4) is 17.0 Å². The summed E-state index contributed by atoms with van der Waals surface area (Å²) < 4.78 is 5.10. The molecule has 0 atom stereocenters. The summed E-state index contributed by atoms with van der Waals surface area (Å²) in [6.45, 7) is 0. The first-order valence-corrected chi connectivity index (χ1v) is 6.41. The molecular formula is C15H11N3O4. The molecule has 110 valence electrons. The Morgan fingerprint density at radius 3 is 2.55 bits per heavy atom. The summed E-state index contributed by atoms with van der Waals surface area (Å²) in [5.74, 6) is 0.619. The Hall–Kier alpha value is -3.22. The zero-order valence-corrected chi connectivity index (χ0v) is 11.6. The second-order valence-electron chi connectivity index (χ2n) is 4.60. The number of H-pyrrole nitrogens is 1. The molecule has 0 amide bonds. The molecule has 3 aromatic rings. The largest absolute Gasteiger partial charge is 0.497 e. The normalized spacial score (nSPS) is 10.6. The summed E-state index contributed by atoms with van der Waals surface area (Å²) in [5.41, 5.74) is 1.50.